The Balaban J connectivity index is 1.72. The van der Waals surface area contributed by atoms with Gasteiger partial charge in [-0.05, 0) is 36.5 Å². The summed E-state index contributed by atoms with van der Waals surface area (Å²) in [5.41, 5.74) is 1.60. The quantitative estimate of drug-likeness (QED) is 0.399. The topological polar surface area (TPSA) is 64.1 Å². The summed E-state index contributed by atoms with van der Waals surface area (Å²) < 4.78 is 30.0. The van der Waals surface area contributed by atoms with E-state index in [-0.39, 0.29) is 12.6 Å². The lowest BCUT2D eigenvalue weighted by Gasteiger charge is -2.21. The number of halogens is 1. The summed E-state index contributed by atoms with van der Waals surface area (Å²) >= 11 is 0. The van der Waals surface area contributed by atoms with Gasteiger partial charge in [-0.2, -0.15) is 0 Å². The molecule has 2 rings (SSSR count). The molecule has 0 aromatic heterocycles. The second kappa shape index (κ2) is 11.0. The third kappa shape index (κ3) is 6.80. The molecule has 0 unspecified atom stereocenters. The van der Waals surface area contributed by atoms with Gasteiger partial charge in [0.1, 0.15) is 11.6 Å². The van der Waals surface area contributed by atoms with Crippen LogP contribution in [-0.2, 0) is 22.5 Å². The van der Waals surface area contributed by atoms with Crippen molar-refractivity contribution in [3.63, 3.8) is 0 Å². The first kappa shape index (κ1) is 20.5. The fraction of sp³-hybridized carbons (Fsp3) is 0.632. The highest BCUT2D eigenvalue weighted by atomic mass is 19.1. The minimum atomic E-state index is -0.267. The molecule has 0 amide bonds. The van der Waals surface area contributed by atoms with Crippen LogP contribution in [0.1, 0.15) is 31.4 Å². The Hall–Kier alpha value is -1.86. The normalized spacial score (nSPS) is 14.1. The van der Waals surface area contributed by atoms with Crippen LogP contribution in [0.4, 0.5) is 4.39 Å². The molecule has 1 heterocycles. The van der Waals surface area contributed by atoms with Gasteiger partial charge < -0.3 is 24.8 Å². The first-order valence-electron chi connectivity index (χ1n) is 9.14. The SMILES string of the molecule is CN=C(NCCCOCC(C)C)NCCc1cc(F)cc2c1OCOC2. The number of hydrogen-bond acceptors (Lipinski definition) is 4. The van der Waals surface area contributed by atoms with Gasteiger partial charge in [0.25, 0.3) is 0 Å². The summed E-state index contributed by atoms with van der Waals surface area (Å²) in [6, 6.07) is 2.99. The van der Waals surface area contributed by atoms with Crippen molar-refractivity contribution in [2.24, 2.45) is 10.9 Å². The lowest BCUT2D eigenvalue weighted by Crippen LogP contribution is -2.39. The molecule has 1 aromatic rings. The van der Waals surface area contributed by atoms with Crippen LogP contribution in [0.2, 0.25) is 0 Å². The molecule has 1 aliphatic heterocycles. The fourth-order valence-corrected chi connectivity index (χ4v) is 2.68. The summed E-state index contributed by atoms with van der Waals surface area (Å²) in [5, 5.41) is 6.49. The second-order valence-electron chi connectivity index (χ2n) is 6.66. The van der Waals surface area contributed by atoms with Crippen molar-refractivity contribution in [1.82, 2.24) is 10.6 Å². The zero-order valence-corrected chi connectivity index (χ0v) is 15.9. The standard InChI is InChI=1S/C19H30FN3O3/c1-14(2)11-24-8-4-6-22-19(21-3)23-7-5-15-9-17(20)10-16-12-25-13-26-18(15)16/h9-10,14H,4-8,11-13H2,1-3H3,(H2,21,22,23). The van der Waals surface area contributed by atoms with Crippen molar-refractivity contribution in [1.29, 1.82) is 0 Å². The Morgan fingerprint density at radius 3 is 2.88 bits per heavy atom. The van der Waals surface area contributed by atoms with Crippen molar-refractivity contribution >= 4 is 5.96 Å². The van der Waals surface area contributed by atoms with Crippen LogP contribution in [0.15, 0.2) is 17.1 Å². The second-order valence-corrected chi connectivity index (χ2v) is 6.66. The Bertz CT molecular complexity index is 594. The molecule has 7 heteroatoms. The Kier molecular flexibility index (Phi) is 8.64. The molecule has 2 N–H and O–H groups in total. The zero-order valence-electron chi connectivity index (χ0n) is 15.9. The number of rotatable bonds is 9. The molecule has 0 radical (unpaired) electrons. The first-order valence-corrected chi connectivity index (χ1v) is 9.14. The van der Waals surface area contributed by atoms with Crippen LogP contribution in [0.3, 0.4) is 0 Å². The Morgan fingerprint density at radius 2 is 2.12 bits per heavy atom. The number of ether oxygens (including phenoxy) is 3. The maximum Gasteiger partial charge on any atom is 0.190 e. The van der Waals surface area contributed by atoms with Gasteiger partial charge in [-0.3, -0.25) is 4.99 Å². The zero-order chi connectivity index (χ0) is 18.8. The van der Waals surface area contributed by atoms with Crippen LogP contribution < -0.4 is 15.4 Å². The summed E-state index contributed by atoms with van der Waals surface area (Å²) in [6.07, 6.45) is 1.55. The average Bonchev–Trinajstić information content (AvgIpc) is 2.62. The molecule has 0 saturated heterocycles. The van der Waals surface area contributed by atoms with E-state index in [1.54, 1.807) is 7.05 Å². The van der Waals surface area contributed by atoms with Crippen molar-refractivity contribution in [3.05, 3.63) is 29.1 Å². The summed E-state index contributed by atoms with van der Waals surface area (Å²) in [5.74, 6) is 1.76. The van der Waals surface area contributed by atoms with E-state index in [0.29, 0.717) is 25.5 Å². The average molecular weight is 367 g/mol. The maximum atomic E-state index is 13.7. The van der Waals surface area contributed by atoms with Gasteiger partial charge >= 0.3 is 0 Å². The van der Waals surface area contributed by atoms with Gasteiger partial charge in [0.05, 0.1) is 6.61 Å². The van der Waals surface area contributed by atoms with Gasteiger partial charge in [0.2, 0.25) is 0 Å². The van der Waals surface area contributed by atoms with Gasteiger partial charge in [-0.25, -0.2) is 4.39 Å². The lowest BCUT2D eigenvalue weighted by molar-refractivity contribution is -0.0172. The summed E-state index contributed by atoms with van der Waals surface area (Å²) in [7, 11) is 1.73. The molecule has 0 aliphatic carbocycles. The molecular weight excluding hydrogens is 337 g/mol. The van der Waals surface area contributed by atoms with E-state index < -0.39 is 0 Å². The predicted molar refractivity (Wildman–Crippen MR) is 100 cm³/mol. The Morgan fingerprint density at radius 1 is 1.31 bits per heavy atom. The van der Waals surface area contributed by atoms with E-state index in [1.165, 1.54) is 12.1 Å². The van der Waals surface area contributed by atoms with Crippen LogP contribution >= 0.6 is 0 Å². The van der Waals surface area contributed by atoms with Crippen LogP contribution in [-0.4, -0.2) is 46.1 Å². The minimum Gasteiger partial charge on any atom is -0.467 e. The third-order valence-corrected chi connectivity index (χ3v) is 3.87. The molecule has 0 fully saturated rings. The summed E-state index contributed by atoms with van der Waals surface area (Å²) in [6.45, 7) is 7.80. The number of hydrogen-bond donors (Lipinski definition) is 2. The van der Waals surface area contributed by atoms with Gasteiger partial charge in [0.15, 0.2) is 12.8 Å². The van der Waals surface area contributed by atoms with Crippen molar-refractivity contribution < 1.29 is 18.6 Å². The van der Waals surface area contributed by atoms with Crippen molar-refractivity contribution in [3.8, 4) is 5.75 Å². The molecule has 6 nitrogen and oxygen atoms in total. The summed E-state index contributed by atoms with van der Waals surface area (Å²) in [4.78, 5) is 4.20. The number of guanidine groups is 1. The highest BCUT2D eigenvalue weighted by molar-refractivity contribution is 5.79. The van der Waals surface area contributed by atoms with Crippen molar-refractivity contribution in [2.45, 2.75) is 33.3 Å². The first-order chi connectivity index (χ1) is 12.6. The molecule has 0 atom stereocenters. The number of fused-ring (bicyclic) bond motifs is 1. The molecule has 26 heavy (non-hydrogen) atoms. The highest BCUT2D eigenvalue weighted by Crippen LogP contribution is 2.29. The largest absolute Gasteiger partial charge is 0.467 e. The van der Waals surface area contributed by atoms with E-state index in [1.807, 2.05) is 0 Å². The van der Waals surface area contributed by atoms with E-state index in [4.69, 9.17) is 14.2 Å². The van der Waals surface area contributed by atoms with Crippen LogP contribution in [0.5, 0.6) is 5.75 Å². The number of benzene rings is 1. The fourth-order valence-electron chi connectivity index (χ4n) is 2.68. The van der Waals surface area contributed by atoms with Crippen LogP contribution in [0.25, 0.3) is 0 Å². The molecule has 0 saturated carbocycles. The highest BCUT2D eigenvalue weighted by Gasteiger charge is 2.16. The number of nitrogens with zero attached hydrogens (tertiary/aromatic N) is 1. The van der Waals surface area contributed by atoms with E-state index in [2.05, 4.69) is 29.5 Å². The monoisotopic (exact) mass is 367 g/mol. The Labute approximate surface area is 155 Å². The smallest absolute Gasteiger partial charge is 0.190 e. The molecule has 146 valence electrons. The van der Waals surface area contributed by atoms with Gasteiger partial charge in [-0.15, -0.1) is 0 Å². The van der Waals surface area contributed by atoms with Gasteiger partial charge in [0, 0.05) is 38.9 Å². The number of nitrogens with one attached hydrogen (secondary N) is 2. The maximum absolute atomic E-state index is 13.7. The van der Waals surface area contributed by atoms with Crippen molar-refractivity contribution in [2.75, 3.05) is 40.1 Å². The minimum absolute atomic E-state index is 0.209. The van der Waals surface area contributed by atoms with Crippen LogP contribution in [0, 0.1) is 11.7 Å². The van der Waals surface area contributed by atoms with E-state index >= 15 is 0 Å². The third-order valence-electron chi connectivity index (χ3n) is 3.87. The van der Waals surface area contributed by atoms with E-state index in [9.17, 15) is 4.39 Å². The predicted octanol–water partition coefficient (Wildman–Crippen LogP) is 2.46. The van der Waals surface area contributed by atoms with Gasteiger partial charge in [-0.1, -0.05) is 13.8 Å². The number of aliphatic imine (C=N–C) groups is 1. The van der Waals surface area contributed by atoms with E-state index in [0.717, 1.165) is 49.0 Å². The molecule has 1 aliphatic rings. The molecule has 0 spiro atoms. The lowest BCUT2D eigenvalue weighted by atomic mass is 10.1. The molecular formula is C19H30FN3O3. The molecule has 1 aromatic carbocycles. The molecule has 0 bridgehead atoms.